The summed E-state index contributed by atoms with van der Waals surface area (Å²) in [6, 6.07) is 1.71. The number of nitrogens with one attached hydrogen (secondary N) is 2. The summed E-state index contributed by atoms with van der Waals surface area (Å²) in [7, 11) is 1.58. The highest BCUT2D eigenvalue weighted by atomic mass is 32.1. The smallest absolute Gasteiger partial charge is 0.254 e. The van der Waals surface area contributed by atoms with Crippen LogP contribution in [0.25, 0.3) is 0 Å². The molecule has 1 saturated carbocycles. The van der Waals surface area contributed by atoms with Gasteiger partial charge in [-0.05, 0) is 24.3 Å². The summed E-state index contributed by atoms with van der Waals surface area (Å²) in [5.74, 6) is 0.0228. The summed E-state index contributed by atoms with van der Waals surface area (Å²) in [5, 5.41) is 7.77. The molecule has 0 bridgehead atoms. The van der Waals surface area contributed by atoms with Crippen LogP contribution in [0.1, 0.15) is 23.2 Å². The van der Waals surface area contributed by atoms with Gasteiger partial charge < -0.3 is 10.6 Å². The molecular formula is C10H12N2O2S. The fourth-order valence-electron chi connectivity index (χ4n) is 1.28. The third-order valence-corrected chi connectivity index (χ3v) is 3.15. The molecule has 0 aliphatic heterocycles. The Balaban J connectivity index is 2.10. The molecular weight excluding hydrogens is 212 g/mol. The monoisotopic (exact) mass is 224 g/mol. The minimum atomic E-state index is -0.164. The molecule has 0 atom stereocenters. The number of hydrogen-bond donors (Lipinski definition) is 2. The second kappa shape index (κ2) is 4.02. The van der Waals surface area contributed by atoms with Gasteiger partial charge in [0.05, 0.1) is 5.56 Å². The second-order valence-electron chi connectivity index (χ2n) is 3.51. The molecule has 1 heterocycles. The molecule has 1 aromatic rings. The van der Waals surface area contributed by atoms with E-state index in [0.717, 1.165) is 12.8 Å². The molecule has 1 fully saturated rings. The molecule has 0 aromatic carbocycles. The van der Waals surface area contributed by atoms with Crippen LogP contribution < -0.4 is 10.6 Å². The van der Waals surface area contributed by atoms with Gasteiger partial charge in [-0.25, -0.2) is 0 Å². The SMILES string of the molecule is CNC(=O)c1ccsc1NC(=O)C1CC1. The molecule has 1 aliphatic carbocycles. The maximum absolute atomic E-state index is 11.5. The van der Waals surface area contributed by atoms with Crippen LogP contribution in [0.3, 0.4) is 0 Å². The number of hydrogen-bond acceptors (Lipinski definition) is 3. The summed E-state index contributed by atoms with van der Waals surface area (Å²) < 4.78 is 0. The summed E-state index contributed by atoms with van der Waals surface area (Å²) >= 11 is 1.37. The number of amides is 2. The van der Waals surface area contributed by atoms with E-state index in [2.05, 4.69) is 10.6 Å². The topological polar surface area (TPSA) is 58.2 Å². The van der Waals surface area contributed by atoms with E-state index in [1.807, 2.05) is 0 Å². The van der Waals surface area contributed by atoms with Crippen molar-refractivity contribution in [2.24, 2.45) is 5.92 Å². The van der Waals surface area contributed by atoms with Crippen molar-refractivity contribution in [3.8, 4) is 0 Å². The Kier molecular flexibility index (Phi) is 2.73. The Morgan fingerprint density at radius 3 is 2.80 bits per heavy atom. The second-order valence-corrected chi connectivity index (χ2v) is 4.42. The van der Waals surface area contributed by atoms with Crippen molar-refractivity contribution in [1.29, 1.82) is 0 Å². The first kappa shape index (κ1) is 10.2. The van der Waals surface area contributed by atoms with Crippen molar-refractivity contribution in [2.45, 2.75) is 12.8 Å². The molecule has 2 N–H and O–H groups in total. The number of anilines is 1. The lowest BCUT2D eigenvalue weighted by Crippen LogP contribution is -2.20. The Morgan fingerprint density at radius 2 is 2.20 bits per heavy atom. The van der Waals surface area contributed by atoms with Crippen LogP contribution >= 0.6 is 11.3 Å². The van der Waals surface area contributed by atoms with Crippen LogP contribution in [0.15, 0.2) is 11.4 Å². The normalized spacial score (nSPS) is 14.7. The van der Waals surface area contributed by atoms with Gasteiger partial charge in [-0.2, -0.15) is 0 Å². The predicted octanol–water partition coefficient (Wildman–Crippen LogP) is 1.46. The zero-order valence-electron chi connectivity index (χ0n) is 8.37. The van der Waals surface area contributed by atoms with Crippen LogP contribution in [-0.4, -0.2) is 18.9 Å². The highest BCUT2D eigenvalue weighted by Gasteiger charge is 2.30. The van der Waals surface area contributed by atoms with E-state index < -0.39 is 0 Å². The van der Waals surface area contributed by atoms with Gasteiger partial charge in [0.2, 0.25) is 5.91 Å². The quantitative estimate of drug-likeness (QED) is 0.816. The van der Waals surface area contributed by atoms with Crippen LogP contribution in [-0.2, 0) is 4.79 Å². The van der Waals surface area contributed by atoms with Gasteiger partial charge in [0.1, 0.15) is 5.00 Å². The van der Waals surface area contributed by atoms with Crippen LogP contribution in [0.5, 0.6) is 0 Å². The Morgan fingerprint density at radius 1 is 1.47 bits per heavy atom. The predicted molar refractivity (Wildman–Crippen MR) is 59.1 cm³/mol. The van der Waals surface area contributed by atoms with E-state index in [4.69, 9.17) is 0 Å². The average molecular weight is 224 g/mol. The fraction of sp³-hybridized carbons (Fsp3) is 0.400. The van der Waals surface area contributed by atoms with Crippen molar-refractivity contribution in [3.63, 3.8) is 0 Å². The van der Waals surface area contributed by atoms with Crippen LogP contribution in [0.2, 0.25) is 0 Å². The molecule has 4 nitrogen and oxygen atoms in total. The number of carbonyl (C=O) groups excluding carboxylic acids is 2. The van der Waals surface area contributed by atoms with Gasteiger partial charge in [0.25, 0.3) is 5.91 Å². The third-order valence-electron chi connectivity index (χ3n) is 2.32. The van der Waals surface area contributed by atoms with Gasteiger partial charge in [0.15, 0.2) is 0 Å². The van der Waals surface area contributed by atoms with Gasteiger partial charge in [0, 0.05) is 13.0 Å². The number of thiophene rings is 1. The maximum Gasteiger partial charge on any atom is 0.254 e. The molecule has 0 unspecified atom stereocenters. The lowest BCUT2D eigenvalue weighted by molar-refractivity contribution is -0.117. The number of rotatable bonds is 3. The minimum absolute atomic E-state index is 0.0302. The summed E-state index contributed by atoms with van der Waals surface area (Å²) in [5.41, 5.74) is 0.538. The van der Waals surface area contributed by atoms with Crippen molar-refractivity contribution < 1.29 is 9.59 Å². The van der Waals surface area contributed by atoms with Crippen molar-refractivity contribution in [2.75, 3.05) is 12.4 Å². The van der Waals surface area contributed by atoms with E-state index in [-0.39, 0.29) is 17.7 Å². The van der Waals surface area contributed by atoms with Gasteiger partial charge in [-0.15, -0.1) is 11.3 Å². The Hall–Kier alpha value is -1.36. The van der Waals surface area contributed by atoms with Gasteiger partial charge in [-0.3, -0.25) is 9.59 Å². The zero-order chi connectivity index (χ0) is 10.8. The molecule has 0 radical (unpaired) electrons. The first-order valence-corrected chi connectivity index (χ1v) is 5.70. The zero-order valence-corrected chi connectivity index (χ0v) is 9.19. The highest BCUT2D eigenvalue weighted by molar-refractivity contribution is 7.14. The molecule has 2 amide bonds. The van der Waals surface area contributed by atoms with Crippen LogP contribution in [0, 0.1) is 5.92 Å². The minimum Gasteiger partial charge on any atom is -0.355 e. The number of carbonyl (C=O) groups is 2. The molecule has 15 heavy (non-hydrogen) atoms. The van der Waals surface area contributed by atoms with Gasteiger partial charge >= 0.3 is 0 Å². The Labute approximate surface area is 91.7 Å². The Bertz CT molecular complexity index is 396. The van der Waals surface area contributed by atoms with E-state index in [9.17, 15) is 9.59 Å². The van der Waals surface area contributed by atoms with Crippen molar-refractivity contribution >= 4 is 28.2 Å². The molecule has 1 aliphatic rings. The molecule has 0 saturated heterocycles. The van der Waals surface area contributed by atoms with E-state index in [1.165, 1.54) is 11.3 Å². The van der Waals surface area contributed by atoms with Crippen molar-refractivity contribution in [1.82, 2.24) is 5.32 Å². The first-order valence-electron chi connectivity index (χ1n) is 4.83. The largest absolute Gasteiger partial charge is 0.355 e. The summed E-state index contributed by atoms with van der Waals surface area (Å²) in [4.78, 5) is 22.9. The standard InChI is InChI=1S/C10H12N2O2S/c1-11-9(14)7-4-5-15-10(7)12-8(13)6-2-3-6/h4-6H,2-3H2,1H3,(H,11,14)(H,12,13). The highest BCUT2D eigenvalue weighted by Crippen LogP contribution is 2.32. The van der Waals surface area contributed by atoms with Gasteiger partial charge in [-0.1, -0.05) is 0 Å². The maximum atomic E-state index is 11.5. The molecule has 0 spiro atoms. The lowest BCUT2D eigenvalue weighted by atomic mass is 10.3. The first-order chi connectivity index (χ1) is 7.22. The molecule has 2 rings (SSSR count). The van der Waals surface area contributed by atoms with Crippen LogP contribution in [0.4, 0.5) is 5.00 Å². The third kappa shape index (κ3) is 2.18. The lowest BCUT2D eigenvalue weighted by Gasteiger charge is -2.04. The van der Waals surface area contributed by atoms with Crippen molar-refractivity contribution in [3.05, 3.63) is 17.0 Å². The van der Waals surface area contributed by atoms with E-state index in [1.54, 1.807) is 18.5 Å². The molecule has 1 aromatic heterocycles. The molecule has 80 valence electrons. The molecule has 5 heteroatoms. The van der Waals surface area contributed by atoms with E-state index >= 15 is 0 Å². The summed E-state index contributed by atoms with van der Waals surface area (Å²) in [6.07, 6.45) is 1.93. The fourth-order valence-corrected chi connectivity index (χ4v) is 2.07. The van der Waals surface area contributed by atoms with E-state index in [0.29, 0.717) is 10.6 Å². The average Bonchev–Trinajstić information content (AvgIpc) is 2.99. The summed E-state index contributed by atoms with van der Waals surface area (Å²) in [6.45, 7) is 0.